The smallest absolute Gasteiger partial charge is 0.461 e. The van der Waals surface area contributed by atoms with E-state index in [-0.39, 0.29) is 13.2 Å². The Labute approximate surface area is 105 Å². The summed E-state index contributed by atoms with van der Waals surface area (Å²) in [7, 11) is -1.12. The number of aliphatic hydroxyl groups is 2. The van der Waals surface area contributed by atoms with Crippen LogP contribution in [-0.4, -0.2) is 29.0 Å². The van der Waals surface area contributed by atoms with E-state index in [1.807, 2.05) is 0 Å². The van der Waals surface area contributed by atoms with Crippen LogP contribution in [0.25, 0.3) is 0 Å². The Morgan fingerprint density at radius 2 is 2.22 bits per heavy atom. The quantitative estimate of drug-likeness (QED) is 0.686. The van der Waals surface area contributed by atoms with Crippen molar-refractivity contribution in [1.82, 2.24) is 0 Å². The van der Waals surface area contributed by atoms with Gasteiger partial charge in [-0.1, -0.05) is 12.7 Å². The molecule has 1 aromatic rings. The molecule has 0 aliphatic carbocycles. The Morgan fingerprint density at radius 3 is 2.78 bits per heavy atom. The molecule has 3 N–H and O–H groups in total. The summed E-state index contributed by atoms with van der Waals surface area (Å²) in [6.45, 7) is 3.26. The van der Waals surface area contributed by atoms with Crippen molar-refractivity contribution in [3.63, 3.8) is 0 Å². The molecule has 0 fully saturated rings. The van der Waals surface area contributed by atoms with Crippen molar-refractivity contribution < 1.29 is 24.3 Å². The second kappa shape index (κ2) is 5.54. The highest BCUT2D eigenvalue weighted by Crippen LogP contribution is 2.31. The number of hydrogen-bond donors (Lipinski definition) is 3. The molecular weight excluding hydrogens is 235 g/mol. The molecule has 0 radical (unpaired) electrons. The van der Waals surface area contributed by atoms with Crippen LogP contribution < -0.4 is 0 Å². The monoisotopic (exact) mass is 250 g/mol. The lowest BCUT2D eigenvalue weighted by Crippen LogP contribution is -2.29. The molecule has 1 aromatic heterocycles. The molecule has 1 unspecified atom stereocenters. The fourth-order valence-electron chi connectivity index (χ4n) is 1.87. The molecule has 0 aromatic carbocycles. The maximum absolute atomic E-state index is 9.81. The molecule has 5 nitrogen and oxygen atoms in total. The fourth-order valence-corrected chi connectivity index (χ4v) is 1.87. The van der Waals surface area contributed by atoms with E-state index < -0.39 is 13.2 Å². The summed E-state index contributed by atoms with van der Waals surface area (Å²) >= 11 is 0. The zero-order valence-corrected chi connectivity index (χ0v) is 9.87. The van der Waals surface area contributed by atoms with Gasteiger partial charge in [0.2, 0.25) is 0 Å². The summed E-state index contributed by atoms with van der Waals surface area (Å²) < 4.78 is 10.8. The van der Waals surface area contributed by atoms with E-state index in [4.69, 9.17) is 19.3 Å². The van der Waals surface area contributed by atoms with Crippen LogP contribution >= 0.6 is 0 Å². The van der Waals surface area contributed by atoms with Crippen molar-refractivity contribution in [3.8, 4) is 0 Å². The van der Waals surface area contributed by atoms with Crippen LogP contribution in [0.5, 0.6) is 0 Å². The lowest BCUT2D eigenvalue weighted by atomic mass is 9.71. The highest BCUT2D eigenvalue weighted by molar-refractivity contribution is 6.54. The number of rotatable bonds is 4. The summed E-state index contributed by atoms with van der Waals surface area (Å²) in [5, 5.41) is 27.7. The largest absolute Gasteiger partial charge is 0.491 e. The van der Waals surface area contributed by atoms with E-state index in [9.17, 15) is 5.02 Å². The molecule has 0 saturated heterocycles. The van der Waals surface area contributed by atoms with Crippen LogP contribution in [0.1, 0.15) is 24.0 Å². The predicted molar refractivity (Wildman–Crippen MR) is 65.4 cm³/mol. The zero-order valence-electron chi connectivity index (χ0n) is 9.87. The predicted octanol–water partition coefficient (Wildman–Crippen LogP) is 0.728. The second-order valence-corrected chi connectivity index (χ2v) is 4.10. The van der Waals surface area contributed by atoms with Gasteiger partial charge in [-0.15, -0.1) is 0 Å². The molecule has 1 aliphatic rings. The third kappa shape index (κ3) is 2.57. The summed E-state index contributed by atoms with van der Waals surface area (Å²) in [6, 6.07) is 3.37. The molecule has 1 atom stereocenters. The first-order valence-electron chi connectivity index (χ1n) is 5.67. The van der Waals surface area contributed by atoms with Gasteiger partial charge in [-0.05, 0) is 29.6 Å². The molecular formula is C12H15BO5. The van der Waals surface area contributed by atoms with Gasteiger partial charge in [0.15, 0.2) is 0 Å². The summed E-state index contributed by atoms with van der Waals surface area (Å²) in [5.74, 6) is 1.01. The molecule has 0 amide bonds. The van der Waals surface area contributed by atoms with E-state index in [1.54, 1.807) is 18.2 Å². The first-order valence-corrected chi connectivity index (χ1v) is 5.67. The minimum Gasteiger partial charge on any atom is -0.461 e. The van der Waals surface area contributed by atoms with E-state index in [2.05, 4.69) is 6.58 Å². The molecule has 96 valence electrons. The normalized spacial score (nSPS) is 19.8. The topological polar surface area (TPSA) is 83.1 Å². The third-order valence-electron chi connectivity index (χ3n) is 2.87. The Hall–Kier alpha value is -1.34. The van der Waals surface area contributed by atoms with Gasteiger partial charge in [-0.3, -0.25) is 0 Å². The Morgan fingerprint density at radius 1 is 1.44 bits per heavy atom. The van der Waals surface area contributed by atoms with E-state index in [1.165, 1.54) is 0 Å². The lowest BCUT2D eigenvalue weighted by molar-refractivity contribution is 0.138. The fraction of sp³-hybridized carbons (Fsp3) is 0.333. The lowest BCUT2D eigenvalue weighted by Gasteiger charge is -2.24. The van der Waals surface area contributed by atoms with E-state index in [0.717, 1.165) is 0 Å². The average Bonchev–Trinajstić information content (AvgIpc) is 2.86. The van der Waals surface area contributed by atoms with Gasteiger partial charge in [-0.2, -0.15) is 0 Å². The van der Waals surface area contributed by atoms with Crippen LogP contribution in [0.4, 0.5) is 0 Å². The summed E-state index contributed by atoms with van der Waals surface area (Å²) in [4.78, 5) is 0. The molecule has 0 spiro atoms. The van der Waals surface area contributed by atoms with Crippen LogP contribution in [0.3, 0.4) is 0 Å². The van der Waals surface area contributed by atoms with Gasteiger partial charge >= 0.3 is 7.12 Å². The van der Waals surface area contributed by atoms with Crippen molar-refractivity contribution in [2.75, 3.05) is 6.61 Å². The Kier molecular flexibility index (Phi) is 4.03. The van der Waals surface area contributed by atoms with Crippen LogP contribution in [0, 0.1) is 0 Å². The van der Waals surface area contributed by atoms with Crippen LogP contribution in [0.15, 0.2) is 40.3 Å². The van der Waals surface area contributed by atoms with Gasteiger partial charge in [0.1, 0.15) is 24.2 Å². The molecule has 1 aliphatic heterocycles. The molecule has 6 heteroatoms. The van der Waals surface area contributed by atoms with Gasteiger partial charge in [0.25, 0.3) is 0 Å². The highest BCUT2D eigenvalue weighted by Gasteiger charge is 2.31. The summed E-state index contributed by atoms with van der Waals surface area (Å²) in [5.41, 5.74) is 0.944. The van der Waals surface area contributed by atoms with E-state index >= 15 is 0 Å². The molecule has 2 rings (SSSR count). The van der Waals surface area contributed by atoms with Crippen LogP contribution in [0.2, 0.25) is 0 Å². The Bertz CT molecular complexity index is 465. The first kappa shape index (κ1) is 13.1. The second-order valence-electron chi connectivity index (χ2n) is 4.10. The first-order chi connectivity index (χ1) is 8.65. The van der Waals surface area contributed by atoms with Gasteiger partial charge in [0.05, 0.1) is 6.61 Å². The van der Waals surface area contributed by atoms with Gasteiger partial charge in [0, 0.05) is 0 Å². The number of furan rings is 1. The Balaban J connectivity index is 2.12. The number of hydrogen-bond acceptors (Lipinski definition) is 5. The highest BCUT2D eigenvalue weighted by atomic mass is 16.5. The minimum atomic E-state index is -1.12. The average molecular weight is 250 g/mol. The minimum absolute atomic E-state index is 0.169. The maximum Gasteiger partial charge on any atom is 0.491 e. The van der Waals surface area contributed by atoms with Gasteiger partial charge in [-0.25, -0.2) is 0 Å². The zero-order chi connectivity index (χ0) is 13.1. The van der Waals surface area contributed by atoms with Crippen LogP contribution in [-0.2, 0) is 11.3 Å². The van der Waals surface area contributed by atoms with Gasteiger partial charge < -0.3 is 24.3 Å². The molecule has 18 heavy (non-hydrogen) atoms. The SMILES string of the molecule is C=C(CO)C1=CCC(c2ccc(CO)o2)OB1O. The van der Waals surface area contributed by atoms with Crippen molar-refractivity contribution in [2.45, 2.75) is 19.1 Å². The van der Waals surface area contributed by atoms with Crippen molar-refractivity contribution >= 4 is 7.12 Å². The van der Waals surface area contributed by atoms with Crippen molar-refractivity contribution in [2.24, 2.45) is 0 Å². The standard InChI is InChI=1S/C12H15BO5/c1-8(6-14)10-3-5-12(18-13(10)16)11-4-2-9(7-15)17-11/h2-4,12,14-16H,1,5-7H2. The number of aliphatic hydroxyl groups excluding tert-OH is 2. The molecule has 0 saturated carbocycles. The molecule has 2 heterocycles. The van der Waals surface area contributed by atoms with E-state index in [0.29, 0.717) is 29.0 Å². The third-order valence-corrected chi connectivity index (χ3v) is 2.87. The van der Waals surface area contributed by atoms with Crippen molar-refractivity contribution in [3.05, 3.63) is 47.4 Å². The summed E-state index contributed by atoms with van der Waals surface area (Å²) in [6.07, 6.45) is 1.90. The maximum atomic E-state index is 9.81. The van der Waals surface area contributed by atoms with Crippen molar-refractivity contribution in [1.29, 1.82) is 0 Å². The molecule has 0 bridgehead atoms.